The molecule has 0 atom stereocenters. The Morgan fingerprint density at radius 2 is 1.78 bits per heavy atom. The molecule has 18 heavy (non-hydrogen) atoms. The van der Waals surface area contributed by atoms with E-state index in [1.54, 1.807) is 0 Å². The summed E-state index contributed by atoms with van der Waals surface area (Å²) < 4.78 is 5.45. The minimum Gasteiger partial charge on any atom is -0.355 e. The molecule has 1 aliphatic carbocycles. The van der Waals surface area contributed by atoms with E-state index >= 15 is 0 Å². The third-order valence-electron chi connectivity index (χ3n) is 3.50. The van der Waals surface area contributed by atoms with E-state index in [2.05, 4.69) is 5.16 Å². The highest BCUT2D eigenvalue weighted by Crippen LogP contribution is 2.39. The Balaban J connectivity index is 2.26. The molecule has 0 aliphatic heterocycles. The van der Waals surface area contributed by atoms with Crippen molar-refractivity contribution in [1.82, 2.24) is 5.16 Å². The Bertz CT molecular complexity index is 814. The van der Waals surface area contributed by atoms with Gasteiger partial charge in [0.25, 0.3) is 0 Å². The molecule has 3 aromatic rings. The van der Waals surface area contributed by atoms with E-state index in [0.717, 1.165) is 22.0 Å². The number of hydrogen-bond acceptors (Lipinski definition) is 3. The lowest BCUT2D eigenvalue weighted by Gasteiger charge is -2.13. The minimum absolute atomic E-state index is 0.0475. The zero-order chi connectivity index (χ0) is 12.3. The van der Waals surface area contributed by atoms with Gasteiger partial charge in [0.1, 0.15) is 5.52 Å². The maximum absolute atomic E-state index is 12.4. The zero-order valence-corrected chi connectivity index (χ0v) is 9.73. The number of nitrogens with zero attached hydrogens (tertiary/aromatic N) is 1. The number of aromatic nitrogens is 1. The average molecular weight is 235 g/mol. The van der Waals surface area contributed by atoms with Crippen molar-refractivity contribution in [1.29, 1.82) is 0 Å². The van der Waals surface area contributed by atoms with Crippen LogP contribution in [0.3, 0.4) is 0 Å². The van der Waals surface area contributed by atoms with E-state index in [0.29, 0.717) is 16.9 Å². The molecule has 0 saturated carbocycles. The first kappa shape index (κ1) is 9.59. The summed E-state index contributed by atoms with van der Waals surface area (Å²) in [7, 11) is 0. The Labute approximate surface area is 103 Å². The number of ketones is 1. The van der Waals surface area contributed by atoms with E-state index in [4.69, 9.17) is 4.52 Å². The van der Waals surface area contributed by atoms with Crippen molar-refractivity contribution in [3.63, 3.8) is 0 Å². The second-order valence-electron chi connectivity index (χ2n) is 4.54. The van der Waals surface area contributed by atoms with Crippen molar-refractivity contribution in [2.45, 2.75) is 6.92 Å². The van der Waals surface area contributed by atoms with Crippen LogP contribution < -0.4 is 0 Å². The lowest BCUT2D eigenvalue weighted by molar-refractivity contribution is 0.104. The van der Waals surface area contributed by atoms with Gasteiger partial charge in [-0.1, -0.05) is 35.5 Å². The first-order valence-electron chi connectivity index (χ1n) is 5.80. The predicted molar refractivity (Wildman–Crippen MR) is 67.6 cm³/mol. The standard InChI is InChI=1S/C15H9NO2/c1-8-6-7-11-12-13(8)16-18-15(12)10-5-3-2-4-9(10)14(11)17/h2-7H,1H3. The van der Waals surface area contributed by atoms with Crippen LogP contribution in [0.4, 0.5) is 0 Å². The zero-order valence-electron chi connectivity index (χ0n) is 9.73. The van der Waals surface area contributed by atoms with Crippen LogP contribution in [0.2, 0.25) is 0 Å². The molecule has 1 aromatic heterocycles. The molecular formula is C15H9NO2. The Morgan fingerprint density at radius 3 is 2.61 bits per heavy atom. The fourth-order valence-corrected chi connectivity index (χ4v) is 2.58. The normalized spacial score (nSPS) is 12.8. The third kappa shape index (κ3) is 0.991. The van der Waals surface area contributed by atoms with Gasteiger partial charge in [-0.25, -0.2) is 0 Å². The van der Waals surface area contributed by atoms with Gasteiger partial charge in [-0.3, -0.25) is 4.79 Å². The molecule has 0 N–H and O–H groups in total. The largest absolute Gasteiger partial charge is 0.355 e. The van der Waals surface area contributed by atoms with Gasteiger partial charge in [-0.2, -0.15) is 0 Å². The summed E-state index contributed by atoms with van der Waals surface area (Å²) in [5.41, 5.74) is 4.02. The van der Waals surface area contributed by atoms with Gasteiger partial charge in [0.05, 0.1) is 5.39 Å². The van der Waals surface area contributed by atoms with Crippen LogP contribution >= 0.6 is 0 Å². The van der Waals surface area contributed by atoms with Gasteiger partial charge in [0, 0.05) is 16.7 Å². The highest BCUT2D eigenvalue weighted by atomic mass is 16.5. The van der Waals surface area contributed by atoms with Crippen LogP contribution in [0.1, 0.15) is 21.5 Å². The van der Waals surface area contributed by atoms with Crippen LogP contribution in [0.15, 0.2) is 40.9 Å². The van der Waals surface area contributed by atoms with Crippen molar-refractivity contribution < 1.29 is 9.32 Å². The number of carbonyl (C=O) groups is 1. The van der Waals surface area contributed by atoms with Gasteiger partial charge in [-0.05, 0) is 18.6 Å². The molecule has 2 aromatic carbocycles. The Kier molecular flexibility index (Phi) is 1.64. The van der Waals surface area contributed by atoms with E-state index in [1.807, 2.05) is 43.3 Å². The number of rotatable bonds is 0. The van der Waals surface area contributed by atoms with E-state index in [-0.39, 0.29) is 5.78 Å². The van der Waals surface area contributed by atoms with Gasteiger partial charge in [0.15, 0.2) is 11.5 Å². The van der Waals surface area contributed by atoms with Crippen molar-refractivity contribution in [2.24, 2.45) is 0 Å². The fraction of sp³-hybridized carbons (Fsp3) is 0.0667. The summed E-state index contributed by atoms with van der Waals surface area (Å²) in [6.45, 7) is 1.97. The van der Waals surface area contributed by atoms with Crippen molar-refractivity contribution in [2.75, 3.05) is 0 Å². The van der Waals surface area contributed by atoms with Gasteiger partial charge in [-0.15, -0.1) is 0 Å². The van der Waals surface area contributed by atoms with Crippen molar-refractivity contribution in [3.8, 4) is 11.3 Å². The third-order valence-corrected chi connectivity index (χ3v) is 3.50. The molecule has 0 fully saturated rings. The number of aryl methyl sites for hydroxylation is 1. The second kappa shape index (κ2) is 3.07. The second-order valence-corrected chi connectivity index (χ2v) is 4.54. The summed E-state index contributed by atoms with van der Waals surface area (Å²) >= 11 is 0. The first-order valence-corrected chi connectivity index (χ1v) is 5.80. The van der Waals surface area contributed by atoms with Crippen molar-refractivity contribution in [3.05, 3.63) is 53.1 Å². The highest BCUT2D eigenvalue weighted by Gasteiger charge is 2.28. The Hall–Kier alpha value is -2.42. The summed E-state index contributed by atoms with van der Waals surface area (Å²) in [5.74, 6) is 0.755. The molecule has 1 heterocycles. The molecule has 86 valence electrons. The molecule has 0 saturated heterocycles. The molecular weight excluding hydrogens is 226 g/mol. The molecule has 0 spiro atoms. The summed E-state index contributed by atoms with van der Waals surface area (Å²) in [5, 5.41) is 4.94. The maximum Gasteiger partial charge on any atom is 0.194 e. The molecule has 0 amide bonds. The quantitative estimate of drug-likeness (QED) is 0.469. The molecule has 0 unspecified atom stereocenters. The van der Waals surface area contributed by atoms with E-state index in [1.165, 1.54) is 0 Å². The Morgan fingerprint density at radius 1 is 1.00 bits per heavy atom. The van der Waals surface area contributed by atoms with Gasteiger partial charge < -0.3 is 4.52 Å². The monoisotopic (exact) mass is 235 g/mol. The number of hydrogen-bond donors (Lipinski definition) is 0. The number of carbonyl (C=O) groups excluding carboxylic acids is 1. The van der Waals surface area contributed by atoms with E-state index in [9.17, 15) is 4.79 Å². The fourth-order valence-electron chi connectivity index (χ4n) is 2.58. The van der Waals surface area contributed by atoms with Crippen LogP contribution in [-0.4, -0.2) is 10.9 Å². The molecule has 1 aliphatic rings. The minimum atomic E-state index is 0.0475. The SMILES string of the molecule is Cc1ccc2c3c(onc13)-c1ccccc1C2=O. The van der Waals surface area contributed by atoms with Gasteiger partial charge in [0.2, 0.25) is 0 Å². The lowest BCUT2D eigenvalue weighted by atomic mass is 9.87. The predicted octanol–water partition coefficient (Wildman–Crippen LogP) is 3.35. The number of fused-ring (bicyclic) bond motifs is 2. The number of benzene rings is 2. The molecule has 3 nitrogen and oxygen atoms in total. The summed E-state index contributed by atoms with van der Waals surface area (Å²) in [6.07, 6.45) is 0. The maximum atomic E-state index is 12.4. The first-order chi connectivity index (χ1) is 8.77. The van der Waals surface area contributed by atoms with Crippen molar-refractivity contribution >= 4 is 16.7 Å². The van der Waals surface area contributed by atoms with Gasteiger partial charge >= 0.3 is 0 Å². The summed E-state index contributed by atoms with van der Waals surface area (Å²) in [4.78, 5) is 12.4. The molecule has 0 radical (unpaired) electrons. The van der Waals surface area contributed by atoms with Crippen LogP contribution in [0, 0.1) is 6.92 Å². The lowest BCUT2D eigenvalue weighted by Crippen LogP contribution is -2.08. The van der Waals surface area contributed by atoms with Crippen LogP contribution in [-0.2, 0) is 0 Å². The highest BCUT2D eigenvalue weighted by molar-refractivity contribution is 6.24. The smallest absolute Gasteiger partial charge is 0.194 e. The molecule has 0 bridgehead atoms. The van der Waals surface area contributed by atoms with Crippen LogP contribution in [0.25, 0.3) is 22.2 Å². The van der Waals surface area contributed by atoms with E-state index < -0.39 is 0 Å². The molecule has 4 rings (SSSR count). The molecule has 3 heteroatoms. The summed E-state index contributed by atoms with van der Waals surface area (Å²) in [6, 6.07) is 11.3. The topological polar surface area (TPSA) is 43.1 Å². The van der Waals surface area contributed by atoms with Crippen LogP contribution in [0.5, 0.6) is 0 Å². The average Bonchev–Trinajstić information content (AvgIpc) is 2.84.